The molecule has 1 N–H and O–H groups in total. The van der Waals surface area contributed by atoms with Crippen LogP contribution in [0.5, 0.6) is 5.75 Å². The molecule has 1 aliphatic carbocycles. The molecule has 2 heterocycles. The normalized spacial score (nSPS) is 15.0. The minimum Gasteiger partial charge on any atom is -0.492 e. The highest BCUT2D eigenvalue weighted by Gasteiger charge is 2.21. The molecule has 0 radical (unpaired) electrons. The van der Waals surface area contributed by atoms with E-state index >= 15 is 0 Å². The van der Waals surface area contributed by atoms with Gasteiger partial charge in [0.05, 0.1) is 24.5 Å². The summed E-state index contributed by atoms with van der Waals surface area (Å²) in [5.74, 6) is 2.20. The van der Waals surface area contributed by atoms with Crippen LogP contribution in [0.25, 0.3) is 22.2 Å². The van der Waals surface area contributed by atoms with E-state index in [2.05, 4.69) is 10.3 Å². The molecular weight excluding hydrogens is 328 g/mol. The van der Waals surface area contributed by atoms with Crippen LogP contribution < -0.4 is 10.1 Å². The van der Waals surface area contributed by atoms with E-state index in [-0.39, 0.29) is 11.9 Å². The van der Waals surface area contributed by atoms with E-state index < -0.39 is 0 Å². The second-order valence-corrected chi connectivity index (χ2v) is 6.96. The van der Waals surface area contributed by atoms with Gasteiger partial charge < -0.3 is 14.5 Å². The Morgan fingerprint density at radius 2 is 2.15 bits per heavy atom. The summed E-state index contributed by atoms with van der Waals surface area (Å²) in [6.07, 6.45) is 4.32. The summed E-state index contributed by atoms with van der Waals surface area (Å²) in [6, 6.07) is 11.7. The minimum absolute atomic E-state index is 0.0770. The van der Waals surface area contributed by atoms with Crippen molar-refractivity contribution < 1.29 is 13.9 Å². The van der Waals surface area contributed by atoms with Crippen LogP contribution in [-0.2, 0) is 4.79 Å². The van der Waals surface area contributed by atoms with Gasteiger partial charge in [0.1, 0.15) is 17.1 Å². The molecule has 0 aliphatic heterocycles. The third-order valence-corrected chi connectivity index (χ3v) is 4.60. The summed E-state index contributed by atoms with van der Waals surface area (Å²) in [5, 5.41) is 3.84. The van der Waals surface area contributed by atoms with Gasteiger partial charge in [0.2, 0.25) is 5.91 Å². The van der Waals surface area contributed by atoms with E-state index in [0.29, 0.717) is 0 Å². The Kier molecular flexibility index (Phi) is 4.37. The van der Waals surface area contributed by atoms with Crippen molar-refractivity contribution in [3.8, 4) is 17.0 Å². The Balaban J connectivity index is 1.53. The van der Waals surface area contributed by atoms with Gasteiger partial charge in [-0.25, -0.2) is 0 Å². The average molecular weight is 350 g/mol. The first-order chi connectivity index (χ1) is 12.6. The second-order valence-electron chi connectivity index (χ2n) is 6.96. The zero-order chi connectivity index (χ0) is 18.1. The second kappa shape index (κ2) is 6.83. The number of ether oxygens (including phenoxy) is 1. The molecule has 1 saturated carbocycles. The summed E-state index contributed by atoms with van der Waals surface area (Å²) in [5.41, 5.74) is 2.64. The molecule has 4 rings (SSSR count). The third kappa shape index (κ3) is 3.72. The lowest BCUT2D eigenvalue weighted by atomic mass is 10.1. The molecule has 1 fully saturated rings. The van der Waals surface area contributed by atoms with Crippen molar-refractivity contribution >= 4 is 16.9 Å². The monoisotopic (exact) mass is 350 g/mol. The Hall–Kier alpha value is -2.82. The number of carbonyl (C=O) groups is 1. The van der Waals surface area contributed by atoms with Gasteiger partial charge >= 0.3 is 0 Å². The van der Waals surface area contributed by atoms with Crippen molar-refractivity contribution in [2.24, 2.45) is 5.92 Å². The molecular formula is C21H22N2O3. The van der Waals surface area contributed by atoms with E-state index in [0.717, 1.165) is 46.3 Å². The average Bonchev–Trinajstić information content (AvgIpc) is 3.36. The smallest absolute Gasteiger partial charge is 0.217 e. The number of hydrogen-bond acceptors (Lipinski definition) is 4. The lowest BCUT2D eigenvalue weighted by molar-refractivity contribution is -0.119. The molecule has 26 heavy (non-hydrogen) atoms. The van der Waals surface area contributed by atoms with Crippen LogP contribution in [0.15, 0.2) is 47.0 Å². The van der Waals surface area contributed by atoms with Crippen molar-refractivity contribution in [1.82, 2.24) is 10.3 Å². The number of nitrogens with one attached hydrogen (secondary N) is 1. The largest absolute Gasteiger partial charge is 0.492 e. The Morgan fingerprint density at radius 3 is 2.85 bits per heavy atom. The standard InChI is InChI=1S/C21H22N2O3/c1-13(23-14(2)24)20-10-17-6-5-16(9-21(17)26-20)19-8-7-18(11-22-19)25-12-15-3-4-15/h5-11,13,15H,3-4,12H2,1-2H3,(H,23,24). The quantitative estimate of drug-likeness (QED) is 0.712. The van der Waals surface area contributed by atoms with E-state index in [1.54, 1.807) is 6.20 Å². The van der Waals surface area contributed by atoms with Gasteiger partial charge in [0, 0.05) is 17.9 Å². The van der Waals surface area contributed by atoms with Crippen LogP contribution in [0.1, 0.15) is 38.5 Å². The first-order valence-corrected chi connectivity index (χ1v) is 8.98. The van der Waals surface area contributed by atoms with Crippen LogP contribution in [-0.4, -0.2) is 17.5 Å². The molecule has 1 aromatic carbocycles. The molecule has 5 nitrogen and oxygen atoms in total. The fourth-order valence-electron chi connectivity index (χ4n) is 2.94. The van der Waals surface area contributed by atoms with Gasteiger partial charge in [0.25, 0.3) is 0 Å². The van der Waals surface area contributed by atoms with Crippen molar-refractivity contribution in [2.75, 3.05) is 6.61 Å². The summed E-state index contributed by atoms with van der Waals surface area (Å²) < 4.78 is 11.7. The molecule has 1 unspecified atom stereocenters. The first-order valence-electron chi connectivity index (χ1n) is 8.98. The van der Waals surface area contributed by atoms with Gasteiger partial charge in [-0.3, -0.25) is 9.78 Å². The predicted octanol–water partition coefficient (Wildman–Crippen LogP) is 4.48. The molecule has 134 valence electrons. The number of fused-ring (bicyclic) bond motifs is 1. The van der Waals surface area contributed by atoms with Crippen LogP contribution in [0.2, 0.25) is 0 Å². The topological polar surface area (TPSA) is 64.4 Å². The zero-order valence-corrected chi connectivity index (χ0v) is 15.0. The molecule has 5 heteroatoms. The van der Waals surface area contributed by atoms with Crippen LogP contribution in [0, 0.1) is 5.92 Å². The van der Waals surface area contributed by atoms with E-state index in [1.807, 2.05) is 43.3 Å². The Labute approximate surface area is 152 Å². The fraction of sp³-hybridized carbons (Fsp3) is 0.333. The maximum Gasteiger partial charge on any atom is 0.217 e. The summed E-state index contributed by atoms with van der Waals surface area (Å²) >= 11 is 0. The van der Waals surface area contributed by atoms with Crippen molar-refractivity contribution in [1.29, 1.82) is 0 Å². The summed E-state index contributed by atoms with van der Waals surface area (Å²) in [6.45, 7) is 4.19. The zero-order valence-electron chi connectivity index (χ0n) is 15.0. The van der Waals surface area contributed by atoms with E-state index in [1.165, 1.54) is 19.8 Å². The van der Waals surface area contributed by atoms with Crippen LogP contribution in [0.4, 0.5) is 0 Å². The molecule has 0 spiro atoms. The molecule has 1 amide bonds. The number of furan rings is 1. The van der Waals surface area contributed by atoms with Gasteiger partial charge in [0.15, 0.2) is 0 Å². The summed E-state index contributed by atoms with van der Waals surface area (Å²) in [4.78, 5) is 15.7. The number of benzene rings is 1. The van der Waals surface area contributed by atoms with Crippen molar-refractivity contribution in [3.63, 3.8) is 0 Å². The number of aromatic nitrogens is 1. The molecule has 0 bridgehead atoms. The lowest BCUT2D eigenvalue weighted by Gasteiger charge is -2.08. The first kappa shape index (κ1) is 16.6. The maximum atomic E-state index is 11.2. The number of amides is 1. The van der Waals surface area contributed by atoms with Gasteiger partial charge in [-0.05, 0) is 49.9 Å². The lowest BCUT2D eigenvalue weighted by Crippen LogP contribution is -2.23. The number of nitrogens with zero attached hydrogens (tertiary/aromatic N) is 1. The van der Waals surface area contributed by atoms with Crippen molar-refractivity contribution in [3.05, 3.63) is 48.4 Å². The molecule has 1 atom stereocenters. The van der Waals surface area contributed by atoms with Gasteiger partial charge in [-0.15, -0.1) is 0 Å². The van der Waals surface area contributed by atoms with Crippen LogP contribution in [0.3, 0.4) is 0 Å². The highest BCUT2D eigenvalue weighted by atomic mass is 16.5. The predicted molar refractivity (Wildman–Crippen MR) is 99.9 cm³/mol. The van der Waals surface area contributed by atoms with Crippen LogP contribution >= 0.6 is 0 Å². The van der Waals surface area contributed by atoms with Gasteiger partial charge in [-0.1, -0.05) is 12.1 Å². The SMILES string of the molecule is CC(=O)NC(C)c1cc2ccc(-c3ccc(OCC4CC4)cn3)cc2o1. The number of hydrogen-bond donors (Lipinski definition) is 1. The fourth-order valence-corrected chi connectivity index (χ4v) is 2.94. The van der Waals surface area contributed by atoms with E-state index in [9.17, 15) is 4.79 Å². The third-order valence-electron chi connectivity index (χ3n) is 4.60. The summed E-state index contributed by atoms with van der Waals surface area (Å²) in [7, 11) is 0. The highest BCUT2D eigenvalue weighted by molar-refractivity contribution is 5.83. The van der Waals surface area contributed by atoms with E-state index in [4.69, 9.17) is 9.15 Å². The molecule has 0 saturated heterocycles. The molecule has 3 aromatic rings. The number of pyridine rings is 1. The maximum absolute atomic E-state index is 11.2. The minimum atomic E-state index is -0.163. The Bertz CT molecular complexity index is 926. The highest BCUT2D eigenvalue weighted by Crippen LogP contribution is 2.31. The Morgan fingerprint density at radius 1 is 1.31 bits per heavy atom. The number of rotatable bonds is 6. The molecule has 1 aliphatic rings. The molecule has 2 aromatic heterocycles. The van der Waals surface area contributed by atoms with Gasteiger partial charge in [-0.2, -0.15) is 0 Å². The number of carbonyl (C=O) groups excluding carboxylic acids is 1. The van der Waals surface area contributed by atoms with Crippen molar-refractivity contribution in [2.45, 2.75) is 32.7 Å².